The lowest BCUT2D eigenvalue weighted by molar-refractivity contribution is 0.0947. The number of nitrogens with one attached hydrogen (secondary N) is 2. The number of carbonyl (C=O) groups is 1. The van der Waals surface area contributed by atoms with Gasteiger partial charge in [0, 0.05) is 41.8 Å². The van der Waals surface area contributed by atoms with E-state index in [4.69, 9.17) is 0 Å². The molecule has 4 heteroatoms. The summed E-state index contributed by atoms with van der Waals surface area (Å²) in [4.78, 5) is 17.7. The first-order valence-electron chi connectivity index (χ1n) is 7.79. The Hall–Kier alpha value is -1.81. The molecule has 2 N–H and O–H groups in total. The van der Waals surface area contributed by atoms with Crippen LogP contribution in [0, 0.1) is 0 Å². The predicted molar refractivity (Wildman–Crippen MR) is 85.5 cm³/mol. The molecule has 3 rings (SSSR count). The number of hydrogen-bond acceptors (Lipinski definition) is 2. The fraction of sp³-hybridized carbons (Fsp3) is 0.471. The molecule has 0 bridgehead atoms. The summed E-state index contributed by atoms with van der Waals surface area (Å²) in [6.45, 7) is 1.62. The molecule has 1 aliphatic carbocycles. The van der Waals surface area contributed by atoms with Gasteiger partial charge in [-0.1, -0.05) is 12.8 Å². The zero-order chi connectivity index (χ0) is 14.7. The third kappa shape index (κ3) is 3.27. The summed E-state index contributed by atoms with van der Waals surface area (Å²) >= 11 is 0. The molecule has 0 radical (unpaired) electrons. The van der Waals surface area contributed by atoms with Crippen molar-refractivity contribution >= 4 is 16.8 Å². The first-order valence-corrected chi connectivity index (χ1v) is 7.79. The van der Waals surface area contributed by atoms with E-state index in [1.165, 1.54) is 25.7 Å². The van der Waals surface area contributed by atoms with E-state index < -0.39 is 0 Å². The Labute approximate surface area is 125 Å². The topological polar surface area (TPSA) is 48.1 Å². The van der Waals surface area contributed by atoms with Crippen LogP contribution in [-0.2, 0) is 0 Å². The van der Waals surface area contributed by atoms with Crippen molar-refractivity contribution in [2.24, 2.45) is 0 Å². The lowest BCUT2D eigenvalue weighted by Gasteiger charge is -2.23. The quantitative estimate of drug-likeness (QED) is 0.887. The van der Waals surface area contributed by atoms with Crippen LogP contribution in [0.4, 0.5) is 0 Å². The standard InChI is InChI=1S/C17H23N3O/c1-20(15-4-2-3-5-15)11-10-19-17(21)14-6-7-16-13(12-14)8-9-18-16/h6-9,12,15,18H,2-5,10-11H2,1H3,(H,19,21). The largest absolute Gasteiger partial charge is 0.361 e. The van der Waals surface area contributed by atoms with Gasteiger partial charge in [0.1, 0.15) is 0 Å². The smallest absolute Gasteiger partial charge is 0.251 e. The van der Waals surface area contributed by atoms with Crippen LogP contribution in [0.3, 0.4) is 0 Å². The molecule has 1 saturated carbocycles. The average Bonchev–Trinajstić information content (AvgIpc) is 3.17. The van der Waals surface area contributed by atoms with Crippen LogP contribution < -0.4 is 5.32 Å². The van der Waals surface area contributed by atoms with Crippen molar-refractivity contribution in [1.29, 1.82) is 0 Å². The Morgan fingerprint density at radius 2 is 2.14 bits per heavy atom. The molecule has 112 valence electrons. The van der Waals surface area contributed by atoms with Gasteiger partial charge in [0.05, 0.1) is 0 Å². The van der Waals surface area contributed by atoms with Crippen molar-refractivity contribution in [3.8, 4) is 0 Å². The molecule has 0 saturated heterocycles. The van der Waals surface area contributed by atoms with Crippen molar-refractivity contribution in [1.82, 2.24) is 15.2 Å². The van der Waals surface area contributed by atoms with Crippen molar-refractivity contribution < 1.29 is 4.79 Å². The third-order valence-electron chi connectivity index (χ3n) is 4.51. The maximum Gasteiger partial charge on any atom is 0.251 e. The van der Waals surface area contributed by atoms with E-state index >= 15 is 0 Å². The molecule has 2 aromatic rings. The molecule has 1 aromatic heterocycles. The number of benzene rings is 1. The summed E-state index contributed by atoms with van der Waals surface area (Å²) in [7, 11) is 2.16. The zero-order valence-electron chi connectivity index (χ0n) is 12.6. The molecule has 1 aromatic carbocycles. The third-order valence-corrected chi connectivity index (χ3v) is 4.51. The SMILES string of the molecule is CN(CCNC(=O)c1ccc2[nH]ccc2c1)C1CCCC1. The van der Waals surface area contributed by atoms with Crippen molar-refractivity contribution in [3.63, 3.8) is 0 Å². The van der Waals surface area contributed by atoms with Gasteiger partial charge in [-0.3, -0.25) is 4.79 Å². The number of H-pyrrole nitrogens is 1. The van der Waals surface area contributed by atoms with E-state index in [0.29, 0.717) is 12.6 Å². The lowest BCUT2D eigenvalue weighted by atomic mass is 10.1. The highest BCUT2D eigenvalue weighted by Gasteiger charge is 2.19. The lowest BCUT2D eigenvalue weighted by Crippen LogP contribution is -2.37. The summed E-state index contributed by atoms with van der Waals surface area (Å²) in [5.41, 5.74) is 1.79. The molecule has 0 atom stereocenters. The number of fused-ring (bicyclic) bond motifs is 1. The molecule has 0 spiro atoms. The van der Waals surface area contributed by atoms with E-state index in [-0.39, 0.29) is 5.91 Å². The van der Waals surface area contributed by atoms with Crippen LogP contribution in [0.2, 0.25) is 0 Å². The Morgan fingerprint density at radius 3 is 2.95 bits per heavy atom. The van der Waals surface area contributed by atoms with Gasteiger partial charge in [0.15, 0.2) is 0 Å². The van der Waals surface area contributed by atoms with Gasteiger partial charge in [0.25, 0.3) is 5.91 Å². The summed E-state index contributed by atoms with van der Waals surface area (Å²) < 4.78 is 0. The van der Waals surface area contributed by atoms with E-state index in [9.17, 15) is 4.79 Å². The number of likely N-dealkylation sites (N-methyl/N-ethyl adjacent to an activating group) is 1. The molecule has 1 amide bonds. The Balaban J connectivity index is 1.51. The highest BCUT2D eigenvalue weighted by Crippen LogP contribution is 2.21. The van der Waals surface area contributed by atoms with Gasteiger partial charge in [-0.15, -0.1) is 0 Å². The van der Waals surface area contributed by atoms with Gasteiger partial charge in [-0.2, -0.15) is 0 Å². The Kier molecular flexibility index (Phi) is 4.25. The molecule has 0 unspecified atom stereocenters. The number of aromatic amines is 1. The minimum Gasteiger partial charge on any atom is -0.361 e. The normalized spacial score (nSPS) is 15.9. The Morgan fingerprint density at radius 1 is 1.33 bits per heavy atom. The second-order valence-electron chi connectivity index (χ2n) is 5.95. The van der Waals surface area contributed by atoms with E-state index in [1.807, 2.05) is 30.5 Å². The number of nitrogens with zero attached hydrogens (tertiary/aromatic N) is 1. The van der Waals surface area contributed by atoms with Crippen LogP contribution in [0.15, 0.2) is 30.5 Å². The van der Waals surface area contributed by atoms with Gasteiger partial charge < -0.3 is 15.2 Å². The van der Waals surface area contributed by atoms with Crippen LogP contribution in [-0.4, -0.2) is 42.0 Å². The number of amides is 1. The number of aromatic nitrogens is 1. The van der Waals surface area contributed by atoms with Crippen molar-refractivity contribution in [2.45, 2.75) is 31.7 Å². The summed E-state index contributed by atoms with van der Waals surface area (Å²) in [5, 5.41) is 4.09. The maximum atomic E-state index is 12.2. The predicted octanol–water partition coefficient (Wildman–Crippen LogP) is 2.77. The van der Waals surface area contributed by atoms with Crippen LogP contribution >= 0.6 is 0 Å². The molecular formula is C17H23N3O. The van der Waals surface area contributed by atoms with Crippen LogP contribution in [0.1, 0.15) is 36.0 Å². The van der Waals surface area contributed by atoms with E-state index in [1.54, 1.807) is 0 Å². The van der Waals surface area contributed by atoms with Crippen LogP contribution in [0.25, 0.3) is 10.9 Å². The van der Waals surface area contributed by atoms with E-state index in [0.717, 1.165) is 23.0 Å². The first kappa shape index (κ1) is 14.1. The van der Waals surface area contributed by atoms with E-state index in [2.05, 4.69) is 22.2 Å². The number of carbonyl (C=O) groups excluding carboxylic acids is 1. The maximum absolute atomic E-state index is 12.2. The summed E-state index contributed by atoms with van der Waals surface area (Å²) in [6, 6.07) is 8.45. The van der Waals surface area contributed by atoms with Crippen molar-refractivity contribution in [2.75, 3.05) is 20.1 Å². The zero-order valence-corrected chi connectivity index (χ0v) is 12.6. The second kappa shape index (κ2) is 6.31. The van der Waals surface area contributed by atoms with Gasteiger partial charge >= 0.3 is 0 Å². The molecular weight excluding hydrogens is 262 g/mol. The second-order valence-corrected chi connectivity index (χ2v) is 5.95. The monoisotopic (exact) mass is 285 g/mol. The van der Waals surface area contributed by atoms with Gasteiger partial charge in [0.2, 0.25) is 0 Å². The molecule has 21 heavy (non-hydrogen) atoms. The number of rotatable bonds is 5. The fourth-order valence-electron chi connectivity index (χ4n) is 3.17. The minimum absolute atomic E-state index is 0.0120. The molecule has 1 aliphatic rings. The first-order chi connectivity index (χ1) is 10.2. The highest BCUT2D eigenvalue weighted by molar-refractivity contribution is 5.98. The molecule has 1 heterocycles. The average molecular weight is 285 g/mol. The molecule has 4 nitrogen and oxygen atoms in total. The fourth-order valence-corrected chi connectivity index (χ4v) is 3.17. The number of hydrogen-bond donors (Lipinski definition) is 2. The summed E-state index contributed by atoms with van der Waals surface area (Å²) in [5.74, 6) is 0.0120. The van der Waals surface area contributed by atoms with Crippen molar-refractivity contribution in [3.05, 3.63) is 36.0 Å². The summed E-state index contributed by atoms with van der Waals surface area (Å²) in [6.07, 6.45) is 7.18. The minimum atomic E-state index is 0.0120. The Bertz CT molecular complexity index is 613. The van der Waals surface area contributed by atoms with Gasteiger partial charge in [-0.25, -0.2) is 0 Å². The van der Waals surface area contributed by atoms with Gasteiger partial charge in [-0.05, 0) is 44.2 Å². The van der Waals surface area contributed by atoms with Crippen LogP contribution in [0.5, 0.6) is 0 Å². The molecule has 1 fully saturated rings. The molecule has 0 aliphatic heterocycles. The highest BCUT2D eigenvalue weighted by atomic mass is 16.1.